The van der Waals surface area contributed by atoms with Crippen molar-refractivity contribution >= 4 is 22.6 Å². The van der Waals surface area contributed by atoms with Gasteiger partial charge in [0.05, 0.1) is 6.20 Å². The molecule has 1 aromatic rings. The smallest absolute Gasteiger partial charge is 0.505 e. The molecule has 0 unspecified atom stereocenters. The van der Waals surface area contributed by atoms with Gasteiger partial charge in [-0.1, -0.05) is 0 Å². The first-order chi connectivity index (χ1) is 7.52. The van der Waals surface area contributed by atoms with Gasteiger partial charge in [-0.25, -0.2) is 4.98 Å². The number of pyridine rings is 1. The quantitative estimate of drug-likeness (QED) is 0.467. The molecule has 0 fully saturated rings. The zero-order valence-electron chi connectivity index (χ0n) is 7.53. The molecule has 17 heavy (non-hydrogen) atoms. The topological polar surface area (TPSA) is 42.4 Å². The van der Waals surface area contributed by atoms with Crippen molar-refractivity contribution in [3.63, 3.8) is 0 Å². The van der Waals surface area contributed by atoms with Crippen LogP contribution in [0, 0.1) is 3.70 Å². The van der Waals surface area contributed by atoms with Gasteiger partial charge < -0.3 is 9.84 Å². The third-order valence-electron chi connectivity index (χ3n) is 1.48. The fourth-order valence-electron chi connectivity index (χ4n) is 0.937. The second-order valence-electron chi connectivity index (χ2n) is 2.68. The Balaban J connectivity index is 3.36. The molecule has 0 aliphatic carbocycles. The summed E-state index contributed by atoms with van der Waals surface area (Å²) in [5, 5.41) is 9.07. The summed E-state index contributed by atoms with van der Waals surface area (Å²) in [6.45, 7) is 0. The van der Waals surface area contributed by atoms with Gasteiger partial charge in [0.15, 0.2) is 11.5 Å². The van der Waals surface area contributed by atoms with Crippen LogP contribution in [0.25, 0.3) is 0 Å². The van der Waals surface area contributed by atoms with Crippen LogP contribution in [-0.2, 0) is 6.18 Å². The summed E-state index contributed by atoms with van der Waals surface area (Å²) in [6.07, 6.45) is -10.2. The van der Waals surface area contributed by atoms with E-state index >= 15 is 0 Å². The Hall–Kier alpha value is -0.940. The fraction of sp³-hybridized carbons (Fsp3) is 0.286. The van der Waals surface area contributed by atoms with Gasteiger partial charge in [-0.15, -0.1) is 13.2 Å². The van der Waals surface area contributed by atoms with Crippen molar-refractivity contribution in [2.24, 2.45) is 0 Å². The van der Waals surface area contributed by atoms with Crippen molar-refractivity contribution in [1.29, 1.82) is 0 Å². The SMILES string of the molecule is Oc1c(I)ncc(OC(F)(F)F)c1C(F)(F)F. The summed E-state index contributed by atoms with van der Waals surface area (Å²) in [5.41, 5.74) is -1.91. The van der Waals surface area contributed by atoms with Gasteiger partial charge in [0.2, 0.25) is 0 Å². The van der Waals surface area contributed by atoms with Crippen LogP contribution < -0.4 is 4.74 Å². The normalized spacial score (nSPS) is 12.6. The molecule has 0 radical (unpaired) electrons. The van der Waals surface area contributed by atoms with Gasteiger partial charge in [0.1, 0.15) is 9.26 Å². The number of ether oxygens (including phenoxy) is 1. The highest BCUT2D eigenvalue weighted by Crippen LogP contribution is 2.44. The van der Waals surface area contributed by atoms with Gasteiger partial charge in [0.25, 0.3) is 0 Å². The number of alkyl halides is 6. The molecule has 0 amide bonds. The molecule has 0 aliphatic rings. The standard InChI is InChI=1S/C7H2F6INO2/c8-6(9,10)3-2(17-7(11,12)13)1-15-5(14)4(3)16/h1,16H. The van der Waals surface area contributed by atoms with Crippen LogP contribution in [0.5, 0.6) is 11.5 Å². The molecule has 0 bridgehead atoms. The monoisotopic (exact) mass is 373 g/mol. The van der Waals surface area contributed by atoms with Crippen LogP contribution in [0.15, 0.2) is 6.20 Å². The number of halogens is 7. The predicted octanol–water partition coefficient (Wildman–Crippen LogP) is 3.31. The lowest BCUT2D eigenvalue weighted by molar-refractivity contribution is -0.276. The zero-order chi connectivity index (χ0) is 13.4. The Morgan fingerprint density at radius 3 is 2.12 bits per heavy atom. The first-order valence-electron chi connectivity index (χ1n) is 3.73. The molecular weight excluding hydrogens is 371 g/mol. The second kappa shape index (κ2) is 4.38. The van der Waals surface area contributed by atoms with Crippen molar-refractivity contribution in [3.05, 3.63) is 15.5 Å². The lowest BCUT2D eigenvalue weighted by atomic mass is 10.2. The Bertz CT molecular complexity index is 430. The van der Waals surface area contributed by atoms with Gasteiger partial charge in [-0.05, 0) is 22.6 Å². The van der Waals surface area contributed by atoms with E-state index in [9.17, 15) is 26.3 Å². The average Bonchev–Trinajstić information content (AvgIpc) is 2.06. The third kappa shape index (κ3) is 3.51. The minimum atomic E-state index is -5.30. The van der Waals surface area contributed by atoms with Gasteiger partial charge >= 0.3 is 12.5 Å². The van der Waals surface area contributed by atoms with Crippen LogP contribution in [0.3, 0.4) is 0 Å². The van der Waals surface area contributed by atoms with Crippen LogP contribution in [0.1, 0.15) is 5.56 Å². The minimum absolute atomic E-state index is 0.248. The molecule has 10 heteroatoms. The van der Waals surface area contributed by atoms with Gasteiger partial charge in [-0.2, -0.15) is 13.2 Å². The molecule has 0 aliphatic heterocycles. The number of aromatic nitrogens is 1. The summed E-state index contributed by atoms with van der Waals surface area (Å²) in [6, 6.07) is 0. The number of aromatic hydroxyl groups is 1. The molecule has 3 nitrogen and oxygen atoms in total. The summed E-state index contributed by atoms with van der Waals surface area (Å²) in [7, 11) is 0. The van der Waals surface area contributed by atoms with E-state index in [-0.39, 0.29) is 6.20 Å². The molecule has 0 saturated heterocycles. The highest BCUT2D eigenvalue weighted by atomic mass is 127. The Labute approximate surface area is 104 Å². The van der Waals surface area contributed by atoms with E-state index in [0.717, 1.165) is 0 Å². The molecule has 1 N–H and O–H groups in total. The highest BCUT2D eigenvalue weighted by Gasteiger charge is 2.42. The minimum Gasteiger partial charge on any atom is -0.505 e. The lowest BCUT2D eigenvalue weighted by Crippen LogP contribution is -2.20. The molecule has 1 rings (SSSR count). The van der Waals surface area contributed by atoms with E-state index in [2.05, 4.69) is 9.72 Å². The maximum absolute atomic E-state index is 12.4. The largest absolute Gasteiger partial charge is 0.573 e. The molecule has 0 aromatic carbocycles. The second-order valence-corrected chi connectivity index (χ2v) is 3.70. The number of nitrogens with zero attached hydrogens (tertiary/aromatic N) is 1. The molecule has 1 aromatic heterocycles. The number of hydrogen-bond donors (Lipinski definition) is 1. The molecule has 0 atom stereocenters. The van der Waals surface area contributed by atoms with E-state index in [4.69, 9.17) is 5.11 Å². The Morgan fingerprint density at radius 1 is 1.18 bits per heavy atom. The summed E-state index contributed by atoms with van der Waals surface area (Å²) >= 11 is 1.25. The van der Waals surface area contributed by atoms with Crippen molar-refractivity contribution in [2.75, 3.05) is 0 Å². The third-order valence-corrected chi connectivity index (χ3v) is 2.27. The molecule has 0 spiro atoms. The average molecular weight is 373 g/mol. The van der Waals surface area contributed by atoms with Crippen molar-refractivity contribution in [3.8, 4) is 11.5 Å². The van der Waals surface area contributed by atoms with E-state index in [1.807, 2.05) is 0 Å². The van der Waals surface area contributed by atoms with Crippen LogP contribution in [0.4, 0.5) is 26.3 Å². The molecule has 96 valence electrons. The van der Waals surface area contributed by atoms with Crippen LogP contribution in [-0.4, -0.2) is 16.5 Å². The summed E-state index contributed by atoms with van der Waals surface area (Å²) in [4.78, 5) is 3.15. The van der Waals surface area contributed by atoms with Crippen LogP contribution in [0.2, 0.25) is 0 Å². The molecule has 1 heterocycles. The van der Waals surface area contributed by atoms with Crippen molar-refractivity contribution < 1.29 is 36.2 Å². The highest BCUT2D eigenvalue weighted by molar-refractivity contribution is 14.1. The molecule has 0 saturated carbocycles. The summed E-state index contributed by atoms with van der Waals surface area (Å²) < 4.78 is 75.5. The van der Waals surface area contributed by atoms with E-state index in [1.54, 1.807) is 0 Å². The predicted molar refractivity (Wildman–Crippen MR) is 50.3 cm³/mol. The van der Waals surface area contributed by atoms with E-state index in [0.29, 0.717) is 0 Å². The zero-order valence-corrected chi connectivity index (χ0v) is 9.68. The first-order valence-corrected chi connectivity index (χ1v) is 4.80. The number of rotatable bonds is 1. The van der Waals surface area contributed by atoms with Gasteiger partial charge in [0, 0.05) is 0 Å². The maximum atomic E-state index is 12.4. The molecular formula is C7H2F6INO2. The van der Waals surface area contributed by atoms with Crippen molar-refractivity contribution in [2.45, 2.75) is 12.5 Å². The van der Waals surface area contributed by atoms with Crippen LogP contribution >= 0.6 is 22.6 Å². The van der Waals surface area contributed by atoms with E-state index < -0.39 is 33.3 Å². The van der Waals surface area contributed by atoms with Crippen molar-refractivity contribution in [1.82, 2.24) is 4.98 Å². The van der Waals surface area contributed by atoms with Gasteiger partial charge in [-0.3, -0.25) is 0 Å². The fourth-order valence-corrected chi connectivity index (χ4v) is 1.35. The Morgan fingerprint density at radius 2 is 1.71 bits per heavy atom. The summed E-state index contributed by atoms with van der Waals surface area (Å²) in [5.74, 6) is -3.00. The Kier molecular flexibility index (Phi) is 3.64. The van der Waals surface area contributed by atoms with E-state index in [1.165, 1.54) is 22.6 Å². The first kappa shape index (κ1) is 14.1. The lowest BCUT2D eigenvalue weighted by Gasteiger charge is -2.16. The maximum Gasteiger partial charge on any atom is 0.573 e. The number of hydrogen-bond acceptors (Lipinski definition) is 3.